The van der Waals surface area contributed by atoms with Crippen LogP contribution in [-0.2, 0) is 12.8 Å². The number of hydrogen-bond donors (Lipinski definition) is 1. The van der Waals surface area contributed by atoms with Crippen LogP contribution in [0, 0.1) is 0 Å². The van der Waals surface area contributed by atoms with Crippen molar-refractivity contribution in [3.05, 3.63) is 42.0 Å². The van der Waals surface area contributed by atoms with E-state index < -0.39 is 0 Å². The van der Waals surface area contributed by atoms with Crippen LogP contribution in [0.3, 0.4) is 0 Å². The van der Waals surface area contributed by atoms with E-state index in [4.69, 9.17) is 0 Å². The highest BCUT2D eigenvalue weighted by Gasteiger charge is 2.31. The van der Waals surface area contributed by atoms with Crippen molar-refractivity contribution >= 4 is 18.1 Å². The second kappa shape index (κ2) is 8.48. The van der Waals surface area contributed by atoms with Crippen LogP contribution in [0.1, 0.15) is 63.5 Å². The fraction of sp³-hybridized carbons (Fsp3) is 0.579. The largest absolute Gasteiger partial charge is 0.379 e. The Balaban J connectivity index is 0.00000220. The van der Waals surface area contributed by atoms with Gasteiger partial charge in [0.05, 0.1) is 0 Å². The zero-order chi connectivity index (χ0) is 14.4. The Labute approximate surface area is 136 Å². The molecule has 1 fully saturated rings. The van der Waals surface area contributed by atoms with Gasteiger partial charge in [0, 0.05) is 11.2 Å². The first-order valence-electron chi connectivity index (χ1n) is 8.24. The standard InChI is InChI=1S/C19H29N.ClH/c1-4-13-19(14-8-7-9-15-19)20-18-16(5-2)11-10-12-17(18)6-3;/h4,10-12,20H,1,5-9,13-15H2,2-3H3;1H. The number of aryl methyl sites for hydroxylation is 2. The Hall–Kier alpha value is -0.950. The lowest BCUT2D eigenvalue weighted by molar-refractivity contribution is 0.325. The highest BCUT2D eigenvalue weighted by Crippen LogP contribution is 2.37. The summed E-state index contributed by atoms with van der Waals surface area (Å²) in [5.74, 6) is 0. The van der Waals surface area contributed by atoms with Crippen molar-refractivity contribution in [2.45, 2.75) is 70.8 Å². The number of halogens is 1. The number of hydrogen-bond acceptors (Lipinski definition) is 1. The normalized spacial score (nSPS) is 16.9. The van der Waals surface area contributed by atoms with Crippen LogP contribution in [0.25, 0.3) is 0 Å². The highest BCUT2D eigenvalue weighted by molar-refractivity contribution is 5.85. The molecule has 0 amide bonds. The Morgan fingerprint density at radius 1 is 1.10 bits per heavy atom. The molecule has 1 N–H and O–H groups in total. The fourth-order valence-electron chi connectivity index (χ4n) is 3.55. The highest BCUT2D eigenvalue weighted by atomic mass is 35.5. The third kappa shape index (κ3) is 4.26. The van der Waals surface area contributed by atoms with Crippen molar-refractivity contribution in [1.82, 2.24) is 0 Å². The van der Waals surface area contributed by atoms with Gasteiger partial charge < -0.3 is 5.32 Å². The van der Waals surface area contributed by atoms with Crippen LogP contribution >= 0.6 is 12.4 Å². The van der Waals surface area contributed by atoms with E-state index in [0.29, 0.717) is 0 Å². The van der Waals surface area contributed by atoms with Crippen molar-refractivity contribution in [1.29, 1.82) is 0 Å². The van der Waals surface area contributed by atoms with Crippen molar-refractivity contribution in [2.75, 3.05) is 5.32 Å². The van der Waals surface area contributed by atoms with Gasteiger partial charge in [-0.05, 0) is 43.2 Å². The molecule has 0 bridgehead atoms. The van der Waals surface area contributed by atoms with Crippen LogP contribution in [-0.4, -0.2) is 5.54 Å². The van der Waals surface area contributed by atoms with Gasteiger partial charge in [0.25, 0.3) is 0 Å². The summed E-state index contributed by atoms with van der Waals surface area (Å²) in [5.41, 5.74) is 4.56. The smallest absolute Gasteiger partial charge is 0.0409 e. The first-order valence-corrected chi connectivity index (χ1v) is 8.24. The van der Waals surface area contributed by atoms with Gasteiger partial charge in [-0.15, -0.1) is 19.0 Å². The van der Waals surface area contributed by atoms with E-state index >= 15 is 0 Å². The van der Waals surface area contributed by atoms with Crippen molar-refractivity contribution in [2.24, 2.45) is 0 Å². The molecule has 118 valence electrons. The van der Waals surface area contributed by atoms with E-state index in [-0.39, 0.29) is 17.9 Å². The first-order chi connectivity index (χ1) is 9.74. The molecule has 0 spiro atoms. The van der Waals surface area contributed by atoms with Crippen LogP contribution in [0.5, 0.6) is 0 Å². The van der Waals surface area contributed by atoms with Crippen LogP contribution < -0.4 is 5.32 Å². The summed E-state index contributed by atoms with van der Waals surface area (Å²) >= 11 is 0. The molecule has 21 heavy (non-hydrogen) atoms. The van der Waals surface area contributed by atoms with Gasteiger partial charge in [0.1, 0.15) is 0 Å². The maximum Gasteiger partial charge on any atom is 0.0409 e. The maximum absolute atomic E-state index is 3.99. The molecule has 1 saturated carbocycles. The molecular weight excluding hydrogens is 278 g/mol. The zero-order valence-corrected chi connectivity index (χ0v) is 14.4. The molecule has 0 atom stereocenters. The predicted molar refractivity (Wildman–Crippen MR) is 96.7 cm³/mol. The Bertz CT molecular complexity index is 425. The van der Waals surface area contributed by atoms with Crippen LogP contribution in [0.15, 0.2) is 30.9 Å². The Kier molecular flexibility index (Phi) is 7.31. The molecule has 0 aromatic heterocycles. The molecule has 1 aliphatic rings. The lowest BCUT2D eigenvalue weighted by Crippen LogP contribution is -2.40. The second-order valence-electron chi connectivity index (χ2n) is 6.12. The van der Waals surface area contributed by atoms with Gasteiger partial charge in [-0.25, -0.2) is 0 Å². The van der Waals surface area contributed by atoms with E-state index in [2.05, 4.69) is 50.0 Å². The minimum atomic E-state index is 0. The second-order valence-corrected chi connectivity index (χ2v) is 6.12. The quantitative estimate of drug-likeness (QED) is 0.643. The van der Waals surface area contributed by atoms with Gasteiger partial charge in [-0.3, -0.25) is 0 Å². The molecule has 2 rings (SSSR count). The van der Waals surface area contributed by atoms with Crippen LogP contribution in [0.2, 0.25) is 0 Å². The third-order valence-corrected chi connectivity index (χ3v) is 4.73. The van der Waals surface area contributed by atoms with E-state index in [1.807, 2.05) is 0 Å². The van der Waals surface area contributed by atoms with Gasteiger partial charge >= 0.3 is 0 Å². The molecule has 1 aromatic rings. The molecule has 0 aliphatic heterocycles. The topological polar surface area (TPSA) is 12.0 Å². The lowest BCUT2D eigenvalue weighted by atomic mass is 9.78. The predicted octanol–water partition coefficient (Wildman–Crippen LogP) is 5.92. The van der Waals surface area contributed by atoms with Crippen molar-refractivity contribution in [3.8, 4) is 0 Å². The SMILES string of the molecule is C=CCC1(Nc2c(CC)cccc2CC)CCCCC1.Cl. The summed E-state index contributed by atoms with van der Waals surface area (Å²) in [6.45, 7) is 8.49. The van der Waals surface area contributed by atoms with Gasteiger partial charge in [-0.2, -0.15) is 0 Å². The number of rotatable bonds is 6. The minimum Gasteiger partial charge on any atom is -0.379 e. The van der Waals surface area contributed by atoms with Crippen LogP contribution in [0.4, 0.5) is 5.69 Å². The average Bonchev–Trinajstić information content (AvgIpc) is 2.48. The van der Waals surface area contributed by atoms with E-state index in [9.17, 15) is 0 Å². The van der Waals surface area contributed by atoms with Crippen molar-refractivity contribution in [3.63, 3.8) is 0 Å². The fourth-order valence-corrected chi connectivity index (χ4v) is 3.55. The molecule has 0 unspecified atom stereocenters. The third-order valence-electron chi connectivity index (χ3n) is 4.73. The van der Waals surface area contributed by atoms with E-state index in [0.717, 1.165) is 19.3 Å². The summed E-state index contributed by atoms with van der Waals surface area (Å²) < 4.78 is 0. The van der Waals surface area contributed by atoms with Gasteiger partial charge in [0.2, 0.25) is 0 Å². The molecule has 1 aliphatic carbocycles. The molecule has 1 aromatic carbocycles. The minimum absolute atomic E-state index is 0. The molecule has 2 heteroatoms. The number of para-hydroxylation sites is 1. The number of nitrogens with one attached hydrogen (secondary N) is 1. The van der Waals surface area contributed by atoms with Gasteiger partial charge in [-0.1, -0.05) is 57.4 Å². The Morgan fingerprint density at radius 3 is 2.14 bits per heavy atom. The molecule has 1 nitrogen and oxygen atoms in total. The maximum atomic E-state index is 3.99. The summed E-state index contributed by atoms with van der Waals surface area (Å²) in [4.78, 5) is 0. The molecule has 0 radical (unpaired) electrons. The average molecular weight is 308 g/mol. The summed E-state index contributed by atoms with van der Waals surface area (Å²) in [5, 5.41) is 3.96. The van der Waals surface area contributed by atoms with Crippen molar-refractivity contribution < 1.29 is 0 Å². The monoisotopic (exact) mass is 307 g/mol. The van der Waals surface area contributed by atoms with Gasteiger partial charge in [0.15, 0.2) is 0 Å². The zero-order valence-electron chi connectivity index (χ0n) is 13.6. The number of benzene rings is 1. The number of anilines is 1. The summed E-state index contributed by atoms with van der Waals surface area (Å²) in [6.07, 6.45) is 12.0. The molecular formula is C19H30ClN. The Morgan fingerprint density at radius 2 is 1.67 bits per heavy atom. The molecule has 0 saturated heterocycles. The summed E-state index contributed by atoms with van der Waals surface area (Å²) in [7, 11) is 0. The van der Waals surface area contributed by atoms with E-state index in [1.165, 1.54) is 48.9 Å². The first kappa shape index (κ1) is 18.1. The molecule has 0 heterocycles. The summed E-state index contributed by atoms with van der Waals surface area (Å²) in [6, 6.07) is 6.74. The lowest BCUT2D eigenvalue weighted by Gasteiger charge is -2.39. The van der Waals surface area contributed by atoms with E-state index in [1.54, 1.807) is 0 Å².